The van der Waals surface area contributed by atoms with Crippen molar-refractivity contribution >= 4 is 11.5 Å². The van der Waals surface area contributed by atoms with Gasteiger partial charge in [0.1, 0.15) is 11.9 Å². The summed E-state index contributed by atoms with van der Waals surface area (Å²) in [6.07, 6.45) is -1.37. The van der Waals surface area contributed by atoms with Crippen LogP contribution < -0.4 is 5.73 Å². The smallest absolute Gasteiger partial charge is 0.166 e. The van der Waals surface area contributed by atoms with Gasteiger partial charge in [0.15, 0.2) is 5.78 Å². The Morgan fingerprint density at radius 1 is 1.59 bits per heavy atom. The standard InChI is InChI=1S/C12H14FNO3/c1-6-2-7(8(13)3-9(6)14)11-4-10(16)12(5-15)17-11/h2-3,11-12,15H,4-5,14H2,1H3/t11-,12-/m1/s1. The molecule has 0 bridgehead atoms. The maximum absolute atomic E-state index is 13.7. The summed E-state index contributed by atoms with van der Waals surface area (Å²) in [5, 5.41) is 8.91. The molecule has 4 nitrogen and oxygen atoms in total. The van der Waals surface area contributed by atoms with Gasteiger partial charge in [0.05, 0.1) is 12.7 Å². The van der Waals surface area contributed by atoms with Gasteiger partial charge in [0.2, 0.25) is 0 Å². The minimum Gasteiger partial charge on any atom is -0.398 e. The third kappa shape index (κ3) is 2.16. The minimum atomic E-state index is -0.836. The van der Waals surface area contributed by atoms with Crippen LogP contribution in [0.4, 0.5) is 10.1 Å². The molecule has 1 aromatic rings. The lowest BCUT2D eigenvalue weighted by molar-refractivity contribution is -0.124. The largest absolute Gasteiger partial charge is 0.398 e. The number of nitrogens with two attached hydrogens (primary N) is 1. The Bertz CT molecular complexity index is 461. The summed E-state index contributed by atoms with van der Waals surface area (Å²) < 4.78 is 19.0. The SMILES string of the molecule is Cc1cc([C@H]2CC(=O)[C@@H](CO)O2)c(F)cc1N. The average molecular weight is 239 g/mol. The van der Waals surface area contributed by atoms with Crippen molar-refractivity contribution in [2.75, 3.05) is 12.3 Å². The highest BCUT2D eigenvalue weighted by molar-refractivity contribution is 5.85. The number of halogens is 1. The van der Waals surface area contributed by atoms with E-state index in [1.807, 2.05) is 0 Å². The Hall–Kier alpha value is -1.46. The van der Waals surface area contributed by atoms with Crippen LogP contribution in [0.2, 0.25) is 0 Å². The third-order valence-corrected chi connectivity index (χ3v) is 2.97. The van der Waals surface area contributed by atoms with Crippen LogP contribution >= 0.6 is 0 Å². The number of aryl methyl sites for hydroxylation is 1. The maximum atomic E-state index is 13.7. The van der Waals surface area contributed by atoms with Crippen LogP contribution in [-0.4, -0.2) is 23.6 Å². The van der Waals surface area contributed by atoms with E-state index in [0.29, 0.717) is 11.3 Å². The molecular formula is C12H14FNO3. The number of carbonyl (C=O) groups is 1. The van der Waals surface area contributed by atoms with Gasteiger partial charge in [-0.1, -0.05) is 0 Å². The number of aliphatic hydroxyl groups is 1. The number of ketones is 1. The molecule has 0 spiro atoms. The van der Waals surface area contributed by atoms with Gasteiger partial charge in [-0.05, 0) is 24.6 Å². The Kier molecular flexibility index (Phi) is 3.13. The molecule has 1 heterocycles. The van der Waals surface area contributed by atoms with Crippen molar-refractivity contribution < 1.29 is 19.0 Å². The highest BCUT2D eigenvalue weighted by Crippen LogP contribution is 2.33. The number of nitrogen functional groups attached to an aromatic ring is 1. The van der Waals surface area contributed by atoms with Crippen molar-refractivity contribution in [1.82, 2.24) is 0 Å². The summed E-state index contributed by atoms with van der Waals surface area (Å²) in [5.41, 5.74) is 7.01. The fourth-order valence-corrected chi connectivity index (χ4v) is 1.93. The highest BCUT2D eigenvalue weighted by atomic mass is 19.1. The molecule has 3 N–H and O–H groups in total. The van der Waals surface area contributed by atoms with Crippen molar-refractivity contribution in [3.05, 3.63) is 29.1 Å². The minimum absolute atomic E-state index is 0.0888. The zero-order chi connectivity index (χ0) is 12.6. The van der Waals surface area contributed by atoms with Crippen molar-refractivity contribution in [2.45, 2.75) is 25.6 Å². The first-order valence-electron chi connectivity index (χ1n) is 5.37. The first-order chi connectivity index (χ1) is 8.02. The number of Topliss-reactive ketones (excluding diaryl/α,β-unsaturated/α-hetero) is 1. The summed E-state index contributed by atoms with van der Waals surface area (Å²) in [5.74, 6) is -0.684. The van der Waals surface area contributed by atoms with E-state index in [9.17, 15) is 9.18 Å². The molecule has 0 unspecified atom stereocenters. The summed E-state index contributed by atoms with van der Waals surface area (Å²) in [7, 11) is 0. The zero-order valence-electron chi connectivity index (χ0n) is 9.44. The predicted molar refractivity (Wildman–Crippen MR) is 59.9 cm³/mol. The molecule has 92 valence electrons. The normalized spacial score (nSPS) is 24.3. The Morgan fingerprint density at radius 2 is 2.29 bits per heavy atom. The fourth-order valence-electron chi connectivity index (χ4n) is 1.93. The molecule has 0 amide bonds. The molecular weight excluding hydrogens is 225 g/mol. The van der Waals surface area contributed by atoms with Crippen LogP contribution in [0.5, 0.6) is 0 Å². The topological polar surface area (TPSA) is 72.5 Å². The summed E-state index contributed by atoms with van der Waals surface area (Å²) in [4.78, 5) is 11.4. The second kappa shape index (κ2) is 4.43. The predicted octanol–water partition coefficient (Wildman–Crippen LogP) is 1.11. The van der Waals surface area contributed by atoms with E-state index >= 15 is 0 Å². The van der Waals surface area contributed by atoms with Gasteiger partial charge in [-0.15, -0.1) is 0 Å². The molecule has 1 saturated heterocycles. The van der Waals surface area contributed by atoms with E-state index in [2.05, 4.69) is 0 Å². The monoisotopic (exact) mass is 239 g/mol. The van der Waals surface area contributed by atoms with E-state index in [1.165, 1.54) is 6.07 Å². The fraction of sp³-hybridized carbons (Fsp3) is 0.417. The second-order valence-corrected chi connectivity index (χ2v) is 4.20. The molecule has 17 heavy (non-hydrogen) atoms. The quantitative estimate of drug-likeness (QED) is 0.758. The molecule has 5 heteroatoms. The average Bonchev–Trinajstić information content (AvgIpc) is 2.65. The zero-order valence-corrected chi connectivity index (χ0v) is 9.44. The van der Waals surface area contributed by atoms with E-state index in [4.69, 9.17) is 15.6 Å². The number of hydrogen-bond donors (Lipinski definition) is 2. The number of anilines is 1. The Labute approximate surface area is 98.2 Å². The van der Waals surface area contributed by atoms with Crippen LogP contribution in [0, 0.1) is 12.7 Å². The van der Waals surface area contributed by atoms with Gasteiger partial charge in [-0.2, -0.15) is 0 Å². The van der Waals surface area contributed by atoms with Gasteiger partial charge in [-0.3, -0.25) is 4.79 Å². The second-order valence-electron chi connectivity index (χ2n) is 4.20. The first-order valence-corrected chi connectivity index (χ1v) is 5.37. The van der Waals surface area contributed by atoms with Crippen molar-refractivity contribution in [3.8, 4) is 0 Å². The lowest BCUT2D eigenvalue weighted by atomic mass is 10.0. The van der Waals surface area contributed by atoms with E-state index in [0.717, 1.165) is 5.56 Å². The van der Waals surface area contributed by atoms with E-state index in [1.54, 1.807) is 13.0 Å². The van der Waals surface area contributed by atoms with Gasteiger partial charge in [-0.25, -0.2) is 4.39 Å². The molecule has 2 atom stereocenters. The maximum Gasteiger partial charge on any atom is 0.166 e. The van der Waals surface area contributed by atoms with Crippen LogP contribution in [0.1, 0.15) is 23.7 Å². The van der Waals surface area contributed by atoms with E-state index < -0.39 is 18.0 Å². The van der Waals surface area contributed by atoms with Gasteiger partial charge < -0.3 is 15.6 Å². The number of rotatable bonds is 2. The molecule has 0 saturated carbocycles. The molecule has 1 aromatic carbocycles. The molecule has 0 radical (unpaired) electrons. The Morgan fingerprint density at radius 3 is 2.88 bits per heavy atom. The number of benzene rings is 1. The number of hydrogen-bond acceptors (Lipinski definition) is 4. The highest BCUT2D eigenvalue weighted by Gasteiger charge is 2.35. The molecule has 1 aliphatic heterocycles. The van der Waals surface area contributed by atoms with Crippen LogP contribution in [0.3, 0.4) is 0 Å². The van der Waals surface area contributed by atoms with Gasteiger partial charge in [0.25, 0.3) is 0 Å². The summed E-state index contributed by atoms with van der Waals surface area (Å²) in [6.45, 7) is 1.39. The lowest BCUT2D eigenvalue weighted by Crippen LogP contribution is -2.19. The third-order valence-electron chi connectivity index (χ3n) is 2.97. The van der Waals surface area contributed by atoms with Crippen LogP contribution in [0.25, 0.3) is 0 Å². The molecule has 1 fully saturated rings. The van der Waals surface area contributed by atoms with Crippen LogP contribution in [-0.2, 0) is 9.53 Å². The Balaban J connectivity index is 2.30. The molecule has 2 rings (SSSR count). The number of carbonyl (C=O) groups excluding carboxylic acids is 1. The first kappa shape index (κ1) is 12.0. The van der Waals surface area contributed by atoms with Crippen LogP contribution in [0.15, 0.2) is 12.1 Å². The van der Waals surface area contributed by atoms with E-state index in [-0.39, 0.29) is 18.8 Å². The number of aliphatic hydroxyl groups excluding tert-OH is 1. The summed E-state index contributed by atoms with van der Waals surface area (Å²) >= 11 is 0. The number of ether oxygens (including phenoxy) is 1. The van der Waals surface area contributed by atoms with Gasteiger partial charge >= 0.3 is 0 Å². The van der Waals surface area contributed by atoms with Crippen molar-refractivity contribution in [1.29, 1.82) is 0 Å². The van der Waals surface area contributed by atoms with Crippen molar-refractivity contribution in [2.24, 2.45) is 0 Å². The summed E-state index contributed by atoms with van der Waals surface area (Å²) in [6, 6.07) is 2.81. The molecule has 1 aliphatic rings. The van der Waals surface area contributed by atoms with Crippen molar-refractivity contribution in [3.63, 3.8) is 0 Å². The van der Waals surface area contributed by atoms with Gasteiger partial charge in [0, 0.05) is 17.7 Å². The molecule has 0 aliphatic carbocycles. The lowest BCUT2D eigenvalue weighted by Gasteiger charge is -2.13. The molecule has 0 aromatic heterocycles.